The molecule has 0 aromatic heterocycles. The molecular formula is C18H19ClN2O3. The van der Waals surface area contributed by atoms with Crippen molar-refractivity contribution in [1.29, 1.82) is 0 Å². The lowest BCUT2D eigenvalue weighted by atomic mass is 10.1. The molecule has 2 aromatic rings. The number of carboxylic acid groups (broad SMARTS) is 1. The molecule has 2 aromatic carbocycles. The Morgan fingerprint density at radius 2 is 1.83 bits per heavy atom. The maximum absolute atomic E-state index is 12.3. The normalized spacial score (nSPS) is 10.2. The van der Waals surface area contributed by atoms with Crippen LogP contribution in [0.3, 0.4) is 0 Å². The van der Waals surface area contributed by atoms with Gasteiger partial charge < -0.3 is 15.7 Å². The van der Waals surface area contributed by atoms with Gasteiger partial charge in [-0.25, -0.2) is 4.79 Å². The molecule has 0 spiro atoms. The van der Waals surface area contributed by atoms with E-state index >= 15 is 0 Å². The van der Waals surface area contributed by atoms with Gasteiger partial charge >= 0.3 is 5.97 Å². The molecule has 126 valence electrons. The first-order chi connectivity index (χ1) is 11.5. The summed E-state index contributed by atoms with van der Waals surface area (Å²) in [6, 6.07) is 11.8. The van der Waals surface area contributed by atoms with E-state index in [1.807, 2.05) is 6.92 Å². The molecule has 0 aliphatic heterocycles. The highest BCUT2D eigenvalue weighted by atomic mass is 35.5. The Bertz CT molecular complexity index is 730. The molecule has 0 aliphatic rings. The van der Waals surface area contributed by atoms with Crippen molar-refractivity contribution >= 4 is 29.2 Å². The van der Waals surface area contributed by atoms with Crippen molar-refractivity contribution in [3.05, 3.63) is 64.2 Å². The van der Waals surface area contributed by atoms with Crippen molar-refractivity contribution in [2.24, 2.45) is 0 Å². The SMILES string of the molecule is CCNc1ccc(Cl)cc1C(=O)NCCc1ccc(C(=O)O)cc1. The van der Waals surface area contributed by atoms with Crippen LogP contribution in [0.25, 0.3) is 0 Å². The summed E-state index contributed by atoms with van der Waals surface area (Å²) in [4.78, 5) is 23.2. The summed E-state index contributed by atoms with van der Waals surface area (Å²) >= 11 is 5.98. The molecule has 3 N–H and O–H groups in total. The number of rotatable bonds is 7. The Morgan fingerprint density at radius 3 is 2.46 bits per heavy atom. The van der Waals surface area contributed by atoms with Gasteiger partial charge in [0.1, 0.15) is 0 Å². The monoisotopic (exact) mass is 346 g/mol. The molecule has 24 heavy (non-hydrogen) atoms. The van der Waals surface area contributed by atoms with E-state index < -0.39 is 5.97 Å². The van der Waals surface area contributed by atoms with Crippen LogP contribution in [0.15, 0.2) is 42.5 Å². The predicted octanol–water partition coefficient (Wildman–Crippen LogP) is 3.44. The van der Waals surface area contributed by atoms with Gasteiger partial charge in [0, 0.05) is 23.8 Å². The molecule has 0 fully saturated rings. The Morgan fingerprint density at radius 1 is 1.12 bits per heavy atom. The van der Waals surface area contributed by atoms with E-state index in [1.54, 1.807) is 42.5 Å². The van der Waals surface area contributed by atoms with E-state index in [-0.39, 0.29) is 11.5 Å². The van der Waals surface area contributed by atoms with Crippen LogP contribution >= 0.6 is 11.6 Å². The lowest BCUT2D eigenvalue weighted by Gasteiger charge is -2.11. The third-order valence-corrected chi connectivity index (χ3v) is 3.73. The van der Waals surface area contributed by atoms with E-state index in [4.69, 9.17) is 16.7 Å². The molecule has 2 rings (SSSR count). The minimum absolute atomic E-state index is 0.199. The zero-order valence-electron chi connectivity index (χ0n) is 13.3. The van der Waals surface area contributed by atoms with E-state index in [0.717, 1.165) is 11.3 Å². The van der Waals surface area contributed by atoms with E-state index in [2.05, 4.69) is 10.6 Å². The van der Waals surface area contributed by atoms with Gasteiger partial charge in [0.05, 0.1) is 11.1 Å². The van der Waals surface area contributed by atoms with Gasteiger partial charge in [-0.05, 0) is 49.2 Å². The molecule has 0 saturated carbocycles. The maximum atomic E-state index is 12.3. The summed E-state index contributed by atoms with van der Waals surface area (Å²) in [5.74, 6) is -1.15. The molecule has 0 atom stereocenters. The topological polar surface area (TPSA) is 78.4 Å². The number of carboxylic acids is 1. The second kappa shape index (κ2) is 8.36. The van der Waals surface area contributed by atoms with Gasteiger partial charge in [-0.2, -0.15) is 0 Å². The molecule has 0 saturated heterocycles. The number of aromatic carboxylic acids is 1. The maximum Gasteiger partial charge on any atom is 0.335 e. The molecule has 0 radical (unpaired) electrons. The number of carbonyl (C=O) groups excluding carboxylic acids is 1. The highest BCUT2D eigenvalue weighted by Gasteiger charge is 2.11. The first kappa shape index (κ1) is 17.8. The van der Waals surface area contributed by atoms with E-state index in [9.17, 15) is 9.59 Å². The third kappa shape index (κ3) is 4.73. The summed E-state index contributed by atoms with van der Waals surface area (Å²) in [5.41, 5.74) is 2.45. The summed E-state index contributed by atoms with van der Waals surface area (Å²) < 4.78 is 0. The molecule has 0 heterocycles. The number of halogens is 1. The molecule has 1 amide bonds. The van der Waals surface area contributed by atoms with Crippen LogP contribution in [0.4, 0.5) is 5.69 Å². The standard InChI is InChI=1S/C18H19ClN2O3/c1-2-20-16-8-7-14(19)11-15(16)17(22)21-10-9-12-3-5-13(6-4-12)18(23)24/h3-8,11,20H,2,9-10H2,1H3,(H,21,22)(H,23,24). The fourth-order valence-corrected chi connectivity index (χ4v) is 2.45. The van der Waals surface area contributed by atoms with Crippen LogP contribution < -0.4 is 10.6 Å². The van der Waals surface area contributed by atoms with Crippen molar-refractivity contribution in [3.63, 3.8) is 0 Å². The van der Waals surface area contributed by atoms with Gasteiger partial charge in [-0.1, -0.05) is 23.7 Å². The minimum atomic E-state index is -0.952. The van der Waals surface area contributed by atoms with E-state index in [1.165, 1.54) is 0 Å². The lowest BCUT2D eigenvalue weighted by Crippen LogP contribution is -2.26. The average Bonchev–Trinajstić information content (AvgIpc) is 2.57. The highest BCUT2D eigenvalue weighted by molar-refractivity contribution is 6.31. The van der Waals surface area contributed by atoms with Crippen molar-refractivity contribution in [1.82, 2.24) is 5.32 Å². The van der Waals surface area contributed by atoms with Crippen LogP contribution in [-0.2, 0) is 6.42 Å². The number of anilines is 1. The Labute approximate surface area is 145 Å². The average molecular weight is 347 g/mol. The fourth-order valence-electron chi connectivity index (χ4n) is 2.28. The molecule has 0 unspecified atom stereocenters. The Balaban J connectivity index is 1.96. The van der Waals surface area contributed by atoms with Crippen molar-refractivity contribution in [2.45, 2.75) is 13.3 Å². The zero-order chi connectivity index (χ0) is 17.5. The molecular weight excluding hydrogens is 328 g/mol. The number of amides is 1. The smallest absolute Gasteiger partial charge is 0.335 e. The van der Waals surface area contributed by atoms with Crippen LogP contribution in [0.1, 0.15) is 33.2 Å². The number of hydrogen-bond donors (Lipinski definition) is 3. The summed E-state index contributed by atoms with van der Waals surface area (Å²) in [7, 11) is 0. The van der Waals surface area contributed by atoms with Gasteiger partial charge in [0.15, 0.2) is 0 Å². The second-order valence-corrected chi connectivity index (χ2v) is 5.66. The van der Waals surface area contributed by atoms with Crippen LogP contribution in [0.5, 0.6) is 0 Å². The molecule has 5 nitrogen and oxygen atoms in total. The minimum Gasteiger partial charge on any atom is -0.478 e. The lowest BCUT2D eigenvalue weighted by molar-refractivity contribution is 0.0696. The summed E-state index contributed by atoms with van der Waals surface area (Å²) in [6.07, 6.45) is 0.614. The summed E-state index contributed by atoms with van der Waals surface area (Å²) in [5, 5.41) is 15.4. The van der Waals surface area contributed by atoms with Gasteiger partial charge in [-0.15, -0.1) is 0 Å². The Kier molecular flexibility index (Phi) is 6.21. The van der Waals surface area contributed by atoms with Gasteiger partial charge in [0.25, 0.3) is 5.91 Å². The van der Waals surface area contributed by atoms with Crippen LogP contribution in [0, 0.1) is 0 Å². The number of nitrogens with one attached hydrogen (secondary N) is 2. The molecule has 0 bridgehead atoms. The number of carbonyl (C=O) groups is 2. The van der Waals surface area contributed by atoms with Crippen LogP contribution in [0.2, 0.25) is 5.02 Å². The summed E-state index contributed by atoms with van der Waals surface area (Å²) in [6.45, 7) is 3.11. The van der Waals surface area contributed by atoms with Gasteiger partial charge in [0.2, 0.25) is 0 Å². The second-order valence-electron chi connectivity index (χ2n) is 5.23. The first-order valence-electron chi connectivity index (χ1n) is 7.65. The predicted molar refractivity (Wildman–Crippen MR) is 95.1 cm³/mol. The van der Waals surface area contributed by atoms with Crippen molar-refractivity contribution in [2.75, 3.05) is 18.4 Å². The molecule has 0 aliphatic carbocycles. The Hall–Kier alpha value is -2.53. The number of hydrogen-bond acceptors (Lipinski definition) is 3. The first-order valence-corrected chi connectivity index (χ1v) is 8.03. The van der Waals surface area contributed by atoms with E-state index in [0.29, 0.717) is 30.1 Å². The molecule has 6 heteroatoms. The van der Waals surface area contributed by atoms with Crippen molar-refractivity contribution in [3.8, 4) is 0 Å². The third-order valence-electron chi connectivity index (χ3n) is 3.49. The highest BCUT2D eigenvalue weighted by Crippen LogP contribution is 2.20. The largest absolute Gasteiger partial charge is 0.478 e. The number of benzene rings is 2. The van der Waals surface area contributed by atoms with Gasteiger partial charge in [-0.3, -0.25) is 4.79 Å². The van der Waals surface area contributed by atoms with Crippen molar-refractivity contribution < 1.29 is 14.7 Å². The fraction of sp³-hybridized carbons (Fsp3) is 0.222. The quantitative estimate of drug-likeness (QED) is 0.717. The zero-order valence-corrected chi connectivity index (χ0v) is 14.1. The van der Waals surface area contributed by atoms with Crippen LogP contribution in [-0.4, -0.2) is 30.1 Å².